The molecule has 0 fully saturated rings. The molecule has 1 aromatic heterocycles. The van der Waals surface area contributed by atoms with E-state index < -0.39 is 22.1 Å². The lowest BCUT2D eigenvalue weighted by atomic mass is 10.2. The van der Waals surface area contributed by atoms with E-state index in [9.17, 15) is 13.2 Å². The minimum atomic E-state index is -4.01. The molecule has 0 saturated carbocycles. The van der Waals surface area contributed by atoms with Crippen LogP contribution in [0.1, 0.15) is 35.2 Å². The zero-order valence-corrected chi connectivity index (χ0v) is 18.4. The summed E-state index contributed by atoms with van der Waals surface area (Å²) in [4.78, 5) is 12.6. The van der Waals surface area contributed by atoms with Gasteiger partial charge in [0.2, 0.25) is 5.89 Å². The molecule has 162 valence electrons. The van der Waals surface area contributed by atoms with Crippen LogP contribution in [0.2, 0.25) is 5.02 Å². The van der Waals surface area contributed by atoms with Crippen molar-refractivity contribution in [3.8, 4) is 0 Å². The summed E-state index contributed by atoms with van der Waals surface area (Å²) in [6.07, 6.45) is 0.635. The first-order valence-corrected chi connectivity index (χ1v) is 11.0. The Labute approximate surface area is 185 Å². The average Bonchev–Trinajstić information content (AvgIpc) is 3.19. The van der Waals surface area contributed by atoms with Gasteiger partial charge in [0.05, 0.1) is 27.7 Å². The van der Waals surface area contributed by atoms with E-state index in [-0.39, 0.29) is 27.9 Å². The molecular formula is C21H20ClN3O5S. The summed E-state index contributed by atoms with van der Waals surface area (Å²) >= 11 is 6.16. The van der Waals surface area contributed by atoms with Crippen LogP contribution in [-0.4, -0.2) is 31.1 Å². The number of anilines is 1. The van der Waals surface area contributed by atoms with Crippen molar-refractivity contribution in [2.24, 2.45) is 0 Å². The Morgan fingerprint density at radius 2 is 1.97 bits per heavy atom. The monoisotopic (exact) mass is 461 g/mol. The topological polar surface area (TPSA) is 103 Å². The van der Waals surface area contributed by atoms with Crippen molar-refractivity contribution in [1.29, 1.82) is 0 Å². The number of ether oxygens (including phenoxy) is 1. The number of sulfonamides is 1. The molecule has 8 nitrogen and oxygen atoms in total. The van der Waals surface area contributed by atoms with Gasteiger partial charge in [0.1, 0.15) is 0 Å². The summed E-state index contributed by atoms with van der Waals surface area (Å²) in [5.74, 6) is -0.375. The number of aromatic nitrogens is 2. The molecule has 31 heavy (non-hydrogen) atoms. The highest BCUT2D eigenvalue weighted by Crippen LogP contribution is 2.28. The fourth-order valence-electron chi connectivity index (χ4n) is 2.75. The molecule has 3 aromatic rings. The van der Waals surface area contributed by atoms with Crippen LogP contribution in [0.15, 0.2) is 70.5 Å². The second kappa shape index (κ2) is 9.32. The highest BCUT2D eigenvalue weighted by molar-refractivity contribution is 7.92. The molecule has 0 N–H and O–H groups in total. The van der Waals surface area contributed by atoms with Gasteiger partial charge in [-0.05, 0) is 37.3 Å². The third kappa shape index (κ3) is 4.95. The first kappa shape index (κ1) is 22.5. The van der Waals surface area contributed by atoms with Crippen molar-refractivity contribution in [3.05, 3.63) is 83.6 Å². The summed E-state index contributed by atoms with van der Waals surface area (Å²) < 4.78 is 38.4. The molecule has 0 aliphatic rings. The van der Waals surface area contributed by atoms with Gasteiger partial charge in [-0.3, -0.25) is 4.31 Å². The highest BCUT2D eigenvalue weighted by Gasteiger charge is 2.27. The zero-order valence-electron chi connectivity index (χ0n) is 16.9. The van der Waals surface area contributed by atoms with Gasteiger partial charge >= 0.3 is 5.97 Å². The molecule has 1 heterocycles. The van der Waals surface area contributed by atoms with Crippen molar-refractivity contribution >= 4 is 33.3 Å². The molecular weight excluding hydrogens is 442 g/mol. The number of carbonyl (C=O) groups excluding carboxylic acids is 1. The minimum absolute atomic E-state index is 0.0439. The van der Waals surface area contributed by atoms with E-state index in [2.05, 4.69) is 16.8 Å². The lowest BCUT2D eigenvalue weighted by molar-refractivity contribution is 0.0277. The number of nitrogens with zero attached hydrogens (tertiary/aromatic N) is 3. The van der Waals surface area contributed by atoms with Crippen molar-refractivity contribution in [2.45, 2.75) is 24.8 Å². The fourth-order valence-corrected chi connectivity index (χ4v) is 4.41. The van der Waals surface area contributed by atoms with Gasteiger partial charge in [-0.25, -0.2) is 13.2 Å². The van der Waals surface area contributed by atoms with Crippen LogP contribution in [0, 0.1) is 6.92 Å². The Morgan fingerprint density at radius 1 is 1.26 bits per heavy atom. The van der Waals surface area contributed by atoms with Crippen molar-refractivity contribution in [1.82, 2.24) is 10.2 Å². The van der Waals surface area contributed by atoms with Gasteiger partial charge < -0.3 is 9.15 Å². The molecule has 0 aliphatic heterocycles. The lowest BCUT2D eigenvalue weighted by Crippen LogP contribution is -2.31. The van der Waals surface area contributed by atoms with E-state index in [4.69, 9.17) is 20.8 Å². The number of benzene rings is 2. The molecule has 3 rings (SSSR count). The van der Waals surface area contributed by atoms with Gasteiger partial charge in [0.15, 0.2) is 6.10 Å². The summed E-state index contributed by atoms with van der Waals surface area (Å²) in [6, 6.07) is 12.4. The van der Waals surface area contributed by atoms with E-state index >= 15 is 0 Å². The van der Waals surface area contributed by atoms with Crippen LogP contribution in [0.3, 0.4) is 0 Å². The maximum absolute atomic E-state index is 13.3. The van der Waals surface area contributed by atoms with Crippen LogP contribution in [0.4, 0.5) is 5.69 Å². The van der Waals surface area contributed by atoms with Gasteiger partial charge in [-0.15, -0.1) is 16.8 Å². The van der Waals surface area contributed by atoms with E-state index in [0.717, 1.165) is 0 Å². The normalized spacial score (nSPS) is 12.2. The number of para-hydroxylation sites is 1. The Bertz CT molecular complexity index is 1190. The fraction of sp³-hybridized carbons (Fsp3) is 0.190. The number of halogens is 1. The van der Waals surface area contributed by atoms with Crippen LogP contribution >= 0.6 is 11.6 Å². The van der Waals surface area contributed by atoms with Gasteiger partial charge in [-0.1, -0.05) is 35.9 Å². The van der Waals surface area contributed by atoms with Gasteiger partial charge in [-0.2, -0.15) is 0 Å². The summed E-state index contributed by atoms with van der Waals surface area (Å²) in [5.41, 5.74) is 0.360. The number of carbonyl (C=O) groups is 1. The molecule has 1 atom stereocenters. The van der Waals surface area contributed by atoms with Crippen LogP contribution in [0.25, 0.3) is 0 Å². The molecule has 1 unspecified atom stereocenters. The Morgan fingerprint density at radius 3 is 2.58 bits per heavy atom. The van der Waals surface area contributed by atoms with Crippen molar-refractivity contribution in [3.63, 3.8) is 0 Å². The molecule has 0 saturated heterocycles. The highest BCUT2D eigenvalue weighted by atomic mass is 35.5. The number of esters is 1. The summed E-state index contributed by atoms with van der Waals surface area (Å²) in [7, 11) is -4.01. The molecule has 0 amide bonds. The maximum atomic E-state index is 13.3. The number of hydrogen-bond acceptors (Lipinski definition) is 7. The molecule has 0 radical (unpaired) electrons. The van der Waals surface area contributed by atoms with Crippen LogP contribution in [0.5, 0.6) is 0 Å². The SMILES string of the molecule is C=CCN(c1ccccc1)S(=O)(=O)c1ccc(Cl)c(C(=O)OC(C)c2nnc(C)o2)c1. The third-order valence-electron chi connectivity index (χ3n) is 4.26. The second-order valence-corrected chi connectivity index (χ2v) is 8.78. The van der Waals surface area contributed by atoms with Crippen molar-refractivity contribution < 1.29 is 22.4 Å². The minimum Gasteiger partial charge on any atom is -0.449 e. The molecule has 0 bridgehead atoms. The largest absolute Gasteiger partial charge is 0.449 e. The van der Waals surface area contributed by atoms with Crippen LogP contribution < -0.4 is 4.31 Å². The first-order chi connectivity index (χ1) is 14.7. The van der Waals surface area contributed by atoms with E-state index in [1.54, 1.807) is 44.2 Å². The molecule has 2 aromatic carbocycles. The number of aryl methyl sites for hydroxylation is 1. The lowest BCUT2D eigenvalue weighted by Gasteiger charge is -2.23. The Balaban J connectivity index is 1.93. The van der Waals surface area contributed by atoms with Crippen LogP contribution in [-0.2, 0) is 14.8 Å². The van der Waals surface area contributed by atoms with E-state index in [0.29, 0.717) is 11.6 Å². The number of hydrogen-bond donors (Lipinski definition) is 0. The quantitative estimate of drug-likeness (QED) is 0.363. The predicted octanol–water partition coefficient (Wildman–Crippen LogP) is 4.33. The second-order valence-electron chi connectivity index (χ2n) is 6.51. The predicted molar refractivity (Wildman–Crippen MR) is 115 cm³/mol. The third-order valence-corrected chi connectivity index (χ3v) is 6.38. The standard InChI is InChI=1S/C21H20ClN3O5S/c1-4-12-25(16-8-6-5-7-9-16)31(27,28)17-10-11-19(22)18(13-17)21(26)29-14(2)20-24-23-15(3)30-20/h4-11,13-14H,1,12H2,2-3H3. The Kier molecular flexibility index (Phi) is 6.77. The number of rotatable bonds is 8. The summed E-state index contributed by atoms with van der Waals surface area (Å²) in [5, 5.41) is 7.55. The smallest absolute Gasteiger partial charge is 0.340 e. The van der Waals surface area contributed by atoms with Gasteiger partial charge in [0.25, 0.3) is 15.9 Å². The average molecular weight is 462 g/mol. The maximum Gasteiger partial charge on any atom is 0.340 e. The molecule has 0 spiro atoms. The zero-order chi connectivity index (χ0) is 22.6. The van der Waals surface area contributed by atoms with E-state index in [1.807, 2.05) is 0 Å². The molecule has 10 heteroatoms. The van der Waals surface area contributed by atoms with Crippen molar-refractivity contribution in [2.75, 3.05) is 10.8 Å². The van der Waals surface area contributed by atoms with Gasteiger partial charge in [0, 0.05) is 6.92 Å². The molecule has 0 aliphatic carbocycles. The first-order valence-electron chi connectivity index (χ1n) is 9.23. The summed E-state index contributed by atoms with van der Waals surface area (Å²) in [6.45, 7) is 6.84. The Hall–Kier alpha value is -3.17. The van der Waals surface area contributed by atoms with E-state index in [1.165, 1.54) is 28.6 Å².